The van der Waals surface area contributed by atoms with Crippen LogP contribution in [0.4, 0.5) is 11.4 Å². The van der Waals surface area contributed by atoms with Crippen LogP contribution in [0, 0.1) is 13.8 Å². The van der Waals surface area contributed by atoms with Crippen LogP contribution >= 0.6 is 0 Å². The average Bonchev–Trinajstić information content (AvgIpc) is 2.78. The Balaban J connectivity index is 2.03. The van der Waals surface area contributed by atoms with E-state index in [4.69, 9.17) is 0 Å². The third-order valence-electron chi connectivity index (χ3n) is 5.27. The van der Waals surface area contributed by atoms with Crippen molar-refractivity contribution >= 4 is 27.8 Å². The van der Waals surface area contributed by atoms with Gasteiger partial charge in [-0.2, -0.15) is 0 Å². The van der Waals surface area contributed by atoms with E-state index in [2.05, 4.69) is 115 Å². The molecule has 0 fully saturated rings. The van der Waals surface area contributed by atoms with Crippen molar-refractivity contribution in [3.8, 4) is 0 Å². The van der Waals surface area contributed by atoms with Crippen molar-refractivity contribution in [2.45, 2.75) is 20.8 Å². The highest BCUT2D eigenvalue weighted by Gasteiger charge is 2.19. The molecule has 0 saturated carbocycles. The highest BCUT2D eigenvalue weighted by atomic mass is 15.2. The van der Waals surface area contributed by atoms with Gasteiger partial charge in [-0.15, -0.1) is 0 Å². The largest absolute Gasteiger partial charge is 0.309 e. The minimum absolute atomic E-state index is 1.01. The molecule has 0 spiro atoms. The van der Waals surface area contributed by atoms with E-state index in [1.165, 1.54) is 16.3 Å². The van der Waals surface area contributed by atoms with Gasteiger partial charge in [0.05, 0.1) is 11.4 Å². The summed E-state index contributed by atoms with van der Waals surface area (Å²) in [5, 5.41) is 2.44. The van der Waals surface area contributed by atoms with Crippen LogP contribution in [0.5, 0.6) is 0 Å². The second-order valence-corrected chi connectivity index (χ2v) is 7.38. The van der Waals surface area contributed by atoms with Gasteiger partial charge < -0.3 is 4.90 Å². The molecule has 4 aromatic rings. The maximum Gasteiger partial charge on any atom is 0.0552 e. The smallest absolute Gasteiger partial charge is 0.0552 e. The first-order valence-corrected chi connectivity index (χ1v) is 10.3. The number of pyridine rings is 1. The van der Waals surface area contributed by atoms with Crippen LogP contribution in [0.1, 0.15) is 23.7 Å². The molecule has 148 valence electrons. The van der Waals surface area contributed by atoms with Crippen molar-refractivity contribution in [2.24, 2.45) is 0 Å². The predicted molar refractivity (Wildman–Crippen MR) is 129 cm³/mol. The van der Waals surface area contributed by atoms with Gasteiger partial charge in [0.25, 0.3) is 0 Å². The Kier molecular flexibility index (Phi) is 5.76. The Morgan fingerprint density at radius 3 is 2.37 bits per heavy atom. The number of aromatic nitrogens is 1. The second-order valence-electron chi connectivity index (χ2n) is 7.38. The normalized spacial score (nSPS) is 11.9. The molecule has 4 rings (SSSR count). The van der Waals surface area contributed by atoms with E-state index in [1.54, 1.807) is 0 Å². The topological polar surface area (TPSA) is 16.1 Å². The first-order valence-electron chi connectivity index (χ1n) is 10.3. The van der Waals surface area contributed by atoms with Crippen molar-refractivity contribution in [3.63, 3.8) is 0 Å². The SMILES string of the molecule is C/C=C\C=C(/c1cccnc1C)N(c1ccc(C)cc1)c1cccc2ccccc12. The van der Waals surface area contributed by atoms with Crippen LogP contribution in [-0.2, 0) is 0 Å². The maximum atomic E-state index is 4.56. The molecule has 0 unspecified atom stereocenters. The Bertz CT molecular complexity index is 1210. The number of hydrogen-bond donors (Lipinski definition) is 0. The summed E-state index contributed by atoms with van der Waals surface area (Å²) in [7, 11) is 0. The van der Waals surface area contributed by atoms with Crippen molar-refractivity contribution in [1.29, 1.82) is 0 Å². The Labute approximate surface area is 178 Å². The predicted octanol–water partition coefficient (Wildman–Crippen LogP) is 7.61. The summed E-state index contributed by atoms with van der Waals surface area (Å²) in [5.41, 5.74) is 6.73. The van der Waals surface area contributed by atoms with Crippen LogP contribution in [0.3, 0.4) is 0 Å². The monoisotopic (exact) mass is 390 g/mol. The molecule has 0 aliphatic heterocycles. The summed E-state index contributed by atoms with van der Waals surface area (Å²) in [4.78, 5) is 6.90. The first-order chi connectivity index (χ1) is 14.7. The molecule has 0 amide bonds. The fraction of sp³-hybridized carbons (Fsp3) is 0.107. The molecule has 0 aliphatic carbocycles. The van der Waals surface area contributed by atoms with Gasteiger partial charge in [-0.3, -0.25) is 4.98 Å². The summed E-state index contributed by atoms with van der Waals surface area (Å²) < 4.78 is 0. The molecular weight excluding hydrogens is 364 g/mol. The Morgan fingerprint density at radius 1 is 0.833 bits per heavy atom. The average molecular weight is 391 g/mol. The molecule has 0 bridgehead atoms. The zero-order chi connectivity index (χ0) is 20.9. The van der Waals surface area contributed by atoms with E-state index in [0.717, 1.165) is 28.3 Å². The lowest BCUT2D eigenvalue weighted by Gasteiger charge is -2.30. The molecule has 0 aliphatic rings. The van der Waals surface area contributed by atoms with Gasteiger partial charge in [-0.1, -0.05) is 66.2 Å². The van der Waals surface area contributed by atoms with Gasteiger partial charge in [0.1, 0.15) is 0 Å². The Morgan fingerprint density at radius 2 is 1.60 bits per heavy atom. The van der Waals surface area contributed by atoms with Gasteiger partial charge in [0.2, 0.25) is 0 Å². The van der Waals surface area contributed by atoms with E-state index in [0.29, 0.717) is 0 Å². The molecule has 0 radical (unpaired) electrons. The standard InChI is InChI=1S/C28H26N2/c1-4-5-14-27(25-13-9-20-29-22(25)3)30(24-18-16-21(2)17-19-24)28-15-8-11-23-10-6-7-12-26(23)28/h4-20H,1-3H3/b5-4-,27-14+. The molecule has 2 heteroatoms. The lowest BCUT2D eigenvalue weighted by atomic mass is 10.0. The quantitative estimate of drug-likeness (QED) is 0.326. The zero-order valence-electron chi connectivity index (χ0n) is 17.7. The Hall–Kier alpha value is -3.65. The molecule has 30 heavy (non-hydrogen) atoms. The molecular formula is C28H26N2. The number of fused-ring (bicyclic) bond motifs is 1. The van der Waals surface area contributed by atoms with Crippen molar-refractivity contribution in [3.05, 3.63) is 120 Å². The minimum atomic E-state index is 1.01. The summed E-state index contributed by atoms with van der Waals surface area (Å²) in [6, 6.07) is 27.9. The number of hydrogen-bond acceptors (Lipinski definition) is 2. The van der Waals surface area contributed by atoms with Crippen LogP contribution in [0.25, 0.3) is 16.5 Å². The minimum Gasteiger partial charge on any atom is -0.309 e. The fourth-order valence-corrected chi connectivity index (χ4v) is 3.73. The number of nitrogens with zero attached hydrogens (tertiary/aromatic N) is 2. The summed E-state index contributed by atoms with van der Waals surface area (Å²) >= 11 is 0. The molecule has 1 aromatic heterocycles. The molecule has 1 heterocycles. The number of aryl methyl sites for hydroxylation is 2. The lowest BCUT2D eigenvalue weighted by Crippen LogP contribution is -2.17. The van der Waals surface area contributed by atoms with Gasteiger partial charge in [-0.25, -0.2) is 0 Å². The number of rotatable bonds is 5. The molecule has 0 atom stereocenters. The molecule has 2 nitrogen and oxygen atoms in total. The number of benzene rings is 3. The van der Waals surface area contributed by atoms with E-state index in [9.17, 15) is 0 Å². The van der Waals surface area contributed by atoms with Crippen LogP contribution < -0.4 is 4.90 Å². The highest BCUT2D eigenvalue weighted by Crippen LogP contribution is 2.39. The summed E-state index contributed by atoms with van der Waals surface area (Å²) in [5.74, 6) is 0. The van der Waals surface area contributed by atoms with Crippen LogP contribution in [0.2, 0.25) is 0 Å². The van der Waals surface area contributed by atoms with Crippen molar-refractivity contribution in [1.82, 2.24) is 4.98 Å². The van der Waals surface area contributed by atoms with Gasteiger partial charge >= 0.3 is 0 Å². The third kappa shape index (κ3) is 3.90. The number of allylic oxidation sites excluding steroid dienone is 3. The van der Waals surface area contributed by atoms with E-state index in [-0.39, 0.29) is 0 Å². The maximum absolute atomic E-state index is 4.56. The van der Waals surface area contributed by atoms with E-state index in [1.807, 2.05) is 19.2 Å². The van der Waals surface area contributed by atoms with Crippen molar-refractivity contribution in [2.75, 3.05) is 4.90 Å². The summed E-state index contributed by atoms with van der Waals surface area (Å²) in [6.45, 7) is 6.22. The molecule has 3 aromatic carbocycles. The van der Waals surface area contributed by atoms with Gasteiger partial charge in [0, 0.05) is 28.5 Å². The van der Waals surface area contributed by atoms with E-state index < -0.39 is 0 Å². The first kappa shape index (κ1) is 19.7. The van der Waals surface area contributed by atoms with Crippen LogP contribution in [-0.4, -0.2) is 4.98 Å². The molecule has 0 saturated heterocycles. The summed E-state index contributed by atoms with van der Waals surface area (Å²) in [6.07, 6.45) is 8.17. The zero-order valence-corrected chi connectivity index (χ0v) is 17.7. The highest BCUT2D eigenvalue weighted by molar-refractivity contribution is 6.02. The van der Waals surface area contributed by atoms with Crippen LogP contribution in [0.15, 0.2) is 103 Å². The molecule has 0 N–H and O–H groups in total. The van der Waals surface area contributed by atoms with Gasteiger partial charge in [-0.05, 0) is 62.6 Å². The van der Waals surface area contributed by atoms with Crippen molar-refractivity contribution < 1.29 is 0 Å². The lowest BCUT2D eigenvalue weighted by molar-refractivity contribution is 1.16. The number of anilines is 2. The second kappa shape index (κ2) is 8.79. The third-order valence-corrected chi connectivity index (χ3v) is 5.27. The van der Waals surface area contributed by atoms with E-state index >= 15 is 0 Å². The fourth-order valence-electron chi connectivity index (χ4n) is 3.73. The van der Waals surface area contributed by atoms with Gasteiger partial charge in [0.15, 0.2) is 0 Å².